The number of likely N-dealkylation sites (N-methyl/N-ethyl adjacent to an activating group) is 1. The normalized spacial score (nSPS) is 29.6. The third-order valence-electron chi connectivity index (χ3n) is 5.10. The van der Waals surface area contributed by atoms with E-state index in [9.17, 15) is 0 Å². The van der Waals surface area contributed by atoms with Crippen LogP contribution >= 0.6 is 23.2 Å². The standard InChI is InChI=1S/C16H18Cl2N2/c1-20-8-9(7-17)5-11-10-3-2-4-13-15(10)12(6-14(11)20)16(18)19-13/h2-4,9,11,14,19H,5-8H2,1H3/t9?,11?,14-/m1/s1. The SMILES string of the molecule is CN1CC(CCl)CC2c3cccc4[nH]c(Cl)c(c34)C[C@H]21. The maximum absolute atomic E-state index is 6.41. The third kappa shape index (κ3) is 1.75. The van der Waals surface area contributed by atoms with E-state index in [4.69, 9.17) is 23.2 Å². The fourth-order valence-corrected chi connectivity index (χ4v) is 4.71. The van der Waals surface area contributed by atoms with Crippen LogP contribution < -0.4 is 0 Å². The predicted molar refractivity (Wildman–Crippen MR) is 85.0 cm³/mol. The number of benzene rings is 1. The van der Waals surface area contributed by atoms with E-state index in [1.807, 2.05) is 0 Å². The first-order valence-electron chi connectivity index (χ1n) is 7.24. The number of hydrogen-bond donors (Lipinski definition) is 1. The van der Waals surface area contributed by atoms with Gasteiger partial charge in [-0.1, -0.05) is 23.7 Å². The average Bonchev–Trinajstić information content (AvgIpc) is 2.77. The van der Waals surface area contributed by atoms with Gasteiger partial charge in [-0.25, -0.2) is 0 Å². The maximum atomic E-state index is 6.41. The van der Waals surface area contributed by atoms with Crippen LogP contribution in [0.5, 0.6) is 0 Å². The van der Waals surface area contributed by atoms with E-state index in [0.29, 0.717) is 17.9 Å². The van der Waals surface area contributed by atoms with Gasteiger partial charge in [0, 0.05) is 35.3 Å². The van der Waals surface area contributed by atoms with Crippen molar-refractivity contribution < 1.29 is 0 Å². The molecule has 2 unspecified atom stereocenters. The summed E-state index contributed by atoms with van der Waals surface area (Å²) in [6.45, 7) is 1.10. The molecule has 2 nitrogen and oxygen atoms in total. The lowest BCUT2D eigenvalue weighted by Gasteiger charge is -2.45. The minimum Gasteiger partial charge on any atom is -0.345 e. The van der Waals surface area contributed by atoms with Crippen LogP contribution in [0.4, 0.5) is 0 Å². The second-order valence-electron chi connectivity index (χ2n) is 6.26. The molecule has 4 rings (SSSR count). The zero-order valence-corrected chi connectivity index (χ0v) is 13.0. The highest BCUT2D eigenvalue weighted by molar-refractivity contribution is 6.32. The maximum Gasteiger partial charge on any atom is 0.110 e. The summed E-state index contributed by atoms with van der Waals surface area (Å²) in [5.74, 6) is 1.93. The van der Waals surface area contributed by atoms with Gasteiger partial charge in [0.05, 0.1) is 0 Å². The second kappa shape index (κ2) is 4.66. The molecule has 0 spiro atoms. The first-order chi connectivity index (χ1) is 9.69. The summed E-state index contributed by atoms with van der Waals surface area (Å²) in [4.78, 5) is 5.81. The molecule has 1 aromatic heterocycles. The molecule has 3 atom stereocenters. The second-order valence-corrected chi connectivity index (χ2v) is 6.95. The number of alkyl halides is 1. The summed E-state index contributed by atoms with van der Waals surface area (Å²) in [7, 11) is 2.22. The molecule has 2 heterocycles. The van der Waals surface area contributed by atoms with Crippen molar-refractivity contribution in [1.29, 1.82) is 0 Å². The molecular formula is C16H18Cl2N2. The Bertz CT molecular complexity index is 664. The minimum atomic E-state index is 0.556. The Labute approximate surface area is 129 Å². The van der Waals surface area contributed by atoms with Gasteiger partial charge in [-0.05, 0) is 43.0 Å². The Kier molecular flexibility index (Phi) is 3.03. The molecule has 1 aromatic carbocycles. The molecule has 0 radical (unpaired) electrons. The number of aromatic amines is 1. The Morgan fingerprint density at radius 3 is 3.05 bits per heavy atom. The van der Waals surface area contributed by atoms with Crippen LogP contribution in [-0.2, 0) is 6.42 Å². The molecule has 1 fully saturated rings. The van der Waals surface area contributed by atoms with Crippen molar-refractivity contribution in [2.24, 2.45) is 5.92 Å². The Hall–Kier alpha value is -0.700. The largest absolute Gasteiger partial charge is 0.345 e. The van der Waals surface area contributed by atoms with Gasteiger partial charge in [0.15, 0.2) is 0 Å². The van der Waals surface area contributed by atoms with Crippen LogP contribution in [0.1, 0.15) is 23.5 Å². The zero-order valence-electron chi connectivity index (χ0n) is 11.5. The number of H-pyrrole nitrogens is 1. The molecule has 1 aliphatic heterocycles. The van der Waals surface area contributed by atoms with Gasteiger partial charge in [-0.3, -0.25) is 0 Å². The average molecular weight is 309 g/mol. The molecule has 106 valence electrons. The highest BCUT2D eigenvalue weighted by Gasteiger charge is 2.39. The Morgan fingerprint density at radius 1 is 1.40 bits per heavy atom. The Balaban J connectivity index is 1.89. The summed E-state index contributed by atoms with van der Waals surface area (Å²) >= 11 is 12.5. The lowest BCUT2D eigenvalue weighted by molar-refractivity contribution is 0.121. The van der Waals surface area contributed by atoms with Crippen molar-refractivity contribution in [2.45, 2.75) is 24.8 Å². The molecule has 0 bridgehead atoms. The van der Waals surface area contributed by atoms with E-state index in [0.717, 1.165) is 24.0 Å². The van der Waals surface area contributed by atoms with Crippen LogP contribution in [0.3, 0.4) is 0 Å². The lowest BCUT2D eigenvalue weighted by Crippen LogP contribution is -2.48. The van der Waals surface area contributed by atoms with Gasteiger partial charge in [0.1, 0.15) is 5.15 Å². The van der Waals surface area contributed by atoms with E-state index in [1.54, 1.807) is 0 Å². The molecule has 4 heteroatoms. The topological polar surface area (TPSA) is 19.0 Å². The number of rotatable bonds is 1. The highest BCUT2D eigenvalue weighted by Crippen LogP contribution is 2.46. The predicted octanol–water partition coefficient (Wildman–Crippen LogP) is 4.02. The van der Waals surface area contributed by atoms with E-state index in [-0.39, 0.29) is 0 Å². The zero-order chi connectivity index (χ0) is 13.9. The monoisotopic (exact) mass is 308 g/mol. The third-order valence-corrected chi connectivity index (χ3v) is 5.86. The number of hydrogen-bond acceptors (Lipinski definition) is 1. The molecule has 20 heavy (non-hydrogen) atoms. The van der Waals surface area contributed by atoms with Crippen LogP contribution in [-0.4, -0.2) is 35.4 Å². The summed E-state index contributed by atoms with van der Waals surface area (Å²) in [5.41, 5.74) is 3.94. The molecule has 1 aliphatic carbocycles. The van der Waals surface area contributed by atoms with Gasteiger partial charge < -0.3 is 9.88 Å². The van der Waals surface area contributed by atoms with Gasteiger partial charge in [-0.2, -0.15) is 0 Å². The van der Waals surface area contributed by atoms with E-state index < -0.39 is 0 Å². The summed E-state index contributed by atoms with van der Waals surface area (Å²) in [5, 5.41) is 2.18. The highest BCUT2D eigenvalue weighted by atomic mass is 35.5. The smallest absolute Gasteiger partial charge is 0.110 e. The number of likely N-dealkylation sites (tertiary alicyclic amines) is 1. The number of nitrogens with one attached hydrogen (secondary N) is 1. The van der Waals surface area contributed by atoms with Gasteiger partial charge in [0.25, 0.3) is 0 Å². The molecule has 2 aromatic rings. The first kappa shape index (κ1) is 13.0. The molecular weight excluding hydrogens is 291 g/mol. The van der Waals surface area contributed by atoms with Crippen molar-refractivity contribution in [3.05, 3.63) is 34.5 Å². The van der Waals surface area contributed by atoms with Crippen molar-refractivity contribution in [1.82, 2.24) is 9.88 Å². The van der Waals surface area contributed by atoms with Gasteiger partial charge in [-0.15, -0.1) is 11.6 Å². The summed E-state index contributed by atoms with van der Waals surface area (Å²) < 4.78 is 0. The quantitative estimate of drug-likeness (QED) is 0.788. The van der Waals surface area contributed by atoms with Crippen LogP contribution in [0.15, 0.2) is 18.2 Å². The van der Waals surface area contributed by atoms with Crippen LogP contribution in [0, 0.1) is 5.92 Å². The fraction of sp³-hybridized carbons (Fsp3) is 0.500. The summed E-state index contributed by atoms with van der Waals surface area (Å²) in [6, 6.07) is 7.10. The van der Waals surface area contributed by atoms with Crippen molar-refractivity contribution in [3.63, 3.8) is 0 Å². The molecule has 1 saturated heterocycles. The molecule has 2 aliphatic rings. The van der Waals surface area contributed by atoms with Gasteiger partial charge in [0.2, 0.25) is 0 Å². The number of aromatic nitrogens is 1. The molecule has 1 N–H and O–H groups in total. The van der Waals surface area contributed by atoms with E-state index in [1.165, 1.54) is 28.5 Å². The van der Waals surface area contributed by atoms with Gasteiger partial charge >= 0.3 is 0 Å². The lowest BCUT2D eigenvalue weighted by atomic mass is 9.73. The summed E-state index contributed by atoms with van der Waals surface area (Å²) in [6.07, 6.45) is 2.24. The van der Waals surface area contributed by atoms with E-state index in [2.05, 4.69) is 35.1 Å². The van der Waals surface area contributed by atoms with Crippen LogP contribution in [0.25, 0.3) is 10.9 Å². The molecule has 0 amide bonds. The molecule has 0 saturated carbocycles. The minimum absolute atomic E-state index is 0.556. The number of halogens is 2. The Morgan fingerprint density at radius 2 is 2.25 bits per heavy atom. The van der Waals surface area contributed by atoms with Crippen LogP contribution in [0.2, 0.25) is 5.15 Å². The van der Waals surface area contributed by atoms with Crippen molar-refractivity contribution >= 4 is 34.1 Å². The fourth-order valence-electron chi connectivity index (χ4n) is 4.21. The van der Waals surface area contributed by atoms with Crippen molar-refractivity contribution in [2.75, 3.05) is 19.5 Å². The number of nitrogens with zero attached hydrogens (tertiary/aromatic N) is 1. The van der Waals surface area contributed by atoms with Crippen molar-refractivity contribution in [3.8, 4) is 0 Å². The number of fused-ring (bicyclic) bond motifs is 2. The number of piperidine rings is 1. The first-order valence-corrected chi connectivity index (χ1v) is 8.15. The van der Waals surface area contributed by atoms with E-state index >= 15 is 0 Å².